The van der Waals surface area contributed by atoms with Crippen molar-refractivity contribution in [2.75, 3.05) is 31.1 Å². The van der Waals surface area contributed by atoms with Crippen molar-refractivity contribution in [3.05, 3.63) is 42.2 Å². The average Bonchev–Trinajstić information content (AvgIpc) is 3.31. The second-order valence-corrected chi connectivity index (χ2v) is 6.96. The summed E-state index contributed by atoms with van der Waals surface area (Å²) >= 11 is 0. The van der Waals surface area contributed by atoms with Gasteiger partial charge in [-0.3, -0.25) is 9.67 Å². The van der Waals surface area contributed by atoms with Crippen molar-refractivity contribution in [1.29, 1.82) is 0 Å². The third-order valence-corrected chi connectivity index (χ3v) is 4.66. The van der Waals surface area contributed by atoms with E-state index in [0.29, 0.717) is 25.3 Å². The van der Waals surface area contributed by atoms with Gasteiger partial charge >= 0.3 is 6.61 Å². The van der Waals surface area contributed by atoms with Gasteiger partial charge in [-0.2, -0.15) is 13.9 Å². The number of aryl methyl sites for hydroxylation is 1. The zero-order valence-electron chi connectivity index (χ0n) is 16.8. The Kier molecular flexibility index (Phi) is 7.26. The van der Waals surface area contributed by atoms with E-state index in [1.54, 1.807) is 12.1 Å². The summed E-state index contributed by atoms with van der Waals surface area (Å²) in [6.45, 7) is 4.71. The fourth-order valence-corrected chi connectivity index (χ4v) is 3.38. The molecule has 29 heavy (non-hydrogen) atoms. The van der Waals surface area contributed by atoms with Gasteiger partial charge in [-0.25, -0.2) is 0 Å². The lowest BCUT2D eigenvalue weighted by atomic mass is 10.2. The molecule has 0 bridgehead atoms. The number of aliphatic imine (C=N–C) groups is 1. The third-order valence-electron chi connectivity index (χ3n) is 4.66. The molecule has 9 heteroatoms. The minimum Gasteiger partial charge on any atom is -0.433 e. The Hall–Kier alpha value is -2.84. The van der Waals surface area contributed by atoms with E-state index in [9.17, 15) is 8.78 Å². The van der Waals surface area contributed by atoms with E-state index in [2.05, 4.69) is 30.4 Å². The number of alkyl halides is 2. The topological polar surface area (TPSA) is 66.7 Å². The number of nitrogens with one attached hydrogen (secondary N) is 2. The number of nitrogens with zero attached hydrogens (tertiary/aromatic N) is 4. The summed E-state index contributed by atoms with van der Waals surface area (Å²) in [5.41, 5.74) is 1.81. The Bertz CT molecular complexity index is 810. The van der Waals surface area contributed by atoms with E-state index >= 15 is 0 Å². The molecule has 0 aliphatic carbocycles. The van der Waals surface area contributed by atoms with Crippen LogP contribution in [0.25, 0.3) is 0 Å². The molecule has 1 fully saturated rings. The first-order valence-corrected chi connectivity index (χ1v) is 9.88. The normalized spacial score (nSPS) is 17.1. The lowest BCUT2D eigenvalue weighted by Gasteiger charge is -2.22. The highest BCUT2D eigenvalue weighted by molar-refractivity contribution is 5.80. The van der Waals surface area contributed by atoms with Crippen LogP contribution in [-0.2, 0) is 6.54 Å². The smallest absolute Gasteiger partial charge is 0.387 e. The van der Waals surface area contributed by atoms with Gasteiger partial charge in [-0.05, 0) is 38.0 Å². The molecule has 1 saturated heterocycles. The Morgan fingerprint density at radius 1 is 1.38 bits per heavy atom. The number of aromatic nitrogens is 2. The van der Waals surface area contributed by atoms with Crippen LogP contribution in [-0.4, -0.2) is 54.6 Å². The van der Waals surface area contributed by atoms with Gasteiger partial charge in [0.25, 0.3) is 0 Å². The molecule has 1 aromatic heterocycles. The van der Waals surface area contributed by atoms with Crippen LogP contribution in [0, 0.1) is 6.92 Å². The van der Waals surface area contributed by atoms with E-state index in [1.165, 1.54) is 0 Å². The number of anilines is 1. The number of benzene rings is 1. The van der Waals surface area contributed by atoms with Gasteiger partial charge in [0, 0.05) is 31.9 Å². The Morgan fingerprint density at radius 3 is 2.93 bits per heavy atom. The number of halogens is 2. The van der Waals surface area contributed by atoms with Crippen LogP contribution < -0.4 is 20.3 Å². The molecule has 7 nitrogen and oxygen atoms in total. The highest BCUT2D eigenvalue weighted by atomic mass is 19.3. The van der Waals surface area contributed by atoms with Crippen molar-refractivity contribution in [3.63, 3.8) is 0 Å². The molecule has 1 atom stereocenters. The number of rotatable bonds is 8. The van der Waals surface area contributed by atoms with Crippen molar-refractivity contribution >= 4 is 11.6 Å². The predicted molar refractivity (Wildman–Crippen MR) is 110 cm³/mol. The lowest BCUT2D eigenvalue weighted by molar-refractivity contribution is -0.0495. The minimum absolute atomic E-state index is 0.166. The summed E-state index contributed by atoms with van der Waals surface area (Å²) in [6.07, 6.45) is 4.70. The van der Waals surface area contributed by atoms with Crippen LogP contribution in [0.1, 0.15) is 18.9 Å². The average molecular weight is 406 g/mol. The van der Waals surface area contributed by atoms with Crippen molar-refractivity contribution in [3.8, 4) is 5.75 Å². The van der Waals surface area contributed by atoms with Gasteiger partial charge < -0.3 is 20.3 Å². The maximum Gasteiger partial charge on any atom is 0.387 e. The van der Waals surface area contributed by atoms with Crippen LogP contribution >= 0.6 is 0 Å². The maximum absolute atomic E-state index is 12.7. The fraction of sp³-hybridized carbons (Fsp3) is 0.500. The molecule has 0 spiro atoms. The molecule has 2 heterocycles. The fourth-order valence-electron chi connectivity index (χ4n) is 3.38. The molecule has 1 unspecified atom stereocenters. The zero-order valence-corrected chi connectivity index (χ0v) is 16.8. The maximum atomic E-state index is 12.7. The molecule has 158 valence electrons. The van der Waals surface area contributed by atoms with E-state index in [0.717, 1.165) is 31.0 Å². The first-order chi connectivity index (χ1) is 14.0. The molecule has 2 N–H and O–H groups in total. The first kappa shape index (κ1) is 20.9. The van der Waals surface area contributed by atoms with Gasteiger partial charge in [0.2, 0.25) is 0 Å². The van der Waals surface area contributed by atoms with Crippen LogP contribution in [0.4, 0.5) is 14.5 Å². The Labute approximate surface area is 169 Å². The number of hydrogen-bond acceptors (Lipinski definition) is 4. The number of guanidine groups is 1. The zero-order chi connectivity index (χ0) is 20.6. The molecular formula is C20H28F2N6O. The van der Waals surface area contributed by atoms with Gasteiger partial charge in [-0.15, -0.1) is 0 Å². The van der Waals surface area contributed by atoms with Crippen LogP contribution in [0.15, 0.2) is 41.7 Å². The van der Waals surface area contributed by atoms with Gasteiger partial charge in [0.15, 0.2) is 5.96 Å². The van der Waals surface area contributed by atoms with Crippen LogP contribution in [0.2, 0.25) is 0 Å². The van der Waals surface area contributed by atoms with E-state index in [-0.39, 0.29) is 11.8 Å². The molecule has 0 amide bonds. The van der Waals surface area contributed by atoms with E-state index in [1.807, 2.05) is 43.1 Å². The van der Waals surface area contributed by atoms with Gasteiger partial charge in [0.1, 0.15) is 5.75 Å². The lowest BCUT2D eigenvalue weighted by Crippen LogP contribution is -2.44. The molecule has 1 aliphatic rings. The summed E-state index contributed by atoms with van der Waals surface area (Å²) < 4.78 is 31.9. The molecule has 2 aromatic rings. The molecular weight excluding hydrogens is 378 g/mol. The highest BCUT2D eigenvalue weighted by Crippen LogP contribution is 2.31. The molecule has 0 saturated carbocycles. The van der Waals surface area contributed by atoms with Gasteiger partial charge in [0.05, 0.1) is 25.0 Å². The molecule has 0 radical (unpaired) electrons. The Balaban J connectivity index is 1.57. The summed E-state index contributed by atoms with van der Waals surface area (Å²) in [5.74, 6) is 0.957. The monoisotopic (exact) mass is 406 g/mol. The Morgan fingerprint density at radius 2 is 2.21 bits per heavy atom. The number of para-hydroxylation sites is 2. The largest absolute Gasteiger partial charge is 0.433 e. The van der Waals surface area contributed by atoms with E-state index in [4.69, 9.17) is 0 Å². The quantitative estimate of drug-likeness (QED) is 0.521. The summed E-state index contributed by atoms with van der Waals surface area (Å²) in [4.78, 5) is 6.69. The standard InChI is InChI=1S/C20H28F2N6O/c1-3-23-20(24-9-11-28-13-15(2)12-25-28)26-16-8-10-27(14-16)17-6-4-5-7-18(17)29-19(21)22/h4-7,12-13,16,19H,3,8-11,14H2,1-2H3,(H2,23,24,26). The molecule has 3 rings (SSSR count). The minimum atomic E-state index is -2.83. The second kappa shape index (κ2) is 10.1. The SMILES string of the molecule is CCNC(=NCCn1cc(C)cn1)NC1CCN(c2ccccc2OC(F)F)C1. The van der Waals surface area contributed by atoms with E-state index < -0.39 is 6.61 Å². The van der Waals surface area contributed by atoms with Gasteiger partial charge in [-0.1, -0.05) is 12.1 Å². The summed E-state index contributed by atoms with van der Waals surface area (Å²) in [6, 6.07) is 7.08. The molecule has 1 aromatic carbocycles. The predicted octanol–water partition coefficient (Wildman–Crippen LogP) is 2.63. The third kappa shape index (κ3) is 6.07. The highest BCUT2D eigenvalue weighted by Gasteiger charge is 2.26. The first-order valence-electron chi connectivity index (χ1n) is 9.88. The number of hydrogen-bond donors (Lipinski definition) is 2. The van der Waals surface area contributed by atoms with Crippen LogP contribution in [0.3, 0.4) is 0 Å². The van der Waals surface area contributed by atoms with Crippen molar-refractivity contribution < 1.29 is 13.5 Å². The summed E-state index contributed by atoms with van der Waals surface area (Å²) in [5, 5.41) is 11.0. The second-order valence-electron chi connectivity index (χ2n) is 6.96. The summed E-state index contributed by atoms with van der Waals surface area (Å²) in [7, 11) is 0. The van der Waals surface area contributed by atoms with Crippen LogP contribution in [0.5, 0.6) is 5.75 Å². The number of ether oxygens (including phenoxy) is 1. The van der Waals surface area contributed by atoms with Crippen molar-refractivity contribution in [1.82, 2.24) is 20.4 Å². The molecule has 1 aliphatic heterocycles. The van der Waals surface area contributed by atoms with Crippen molar-refractivity contribution in [2.24, 2.45) is 4.99 Å². The van der Waals surface area contributed by atoms with Crippen molar-refractivity contribution in [2.45, 2.75) is 39.5 Å².